The van der Waals surface area contributed by atoms with Crippen LogP contribution in [0.3, 0.4) is 0 Å². The molecule has 1 saturated heterocycles. The van der Waals surface area contributed by atoms with Crippen molar-refractivity contribution in [3.05, 3.63) is 48.0 Å². The second-order valence-corrected chi connectivity index (χ2v) is 7.32. The van der Waals surface area contributed by atoms with Crippen molar-refractivity contribution in [3.8, 4) is 0 Å². The second kappa shape index (κ2) is 6.35. The van der Waals surface area contributed by atoms with Gasteiger partial charge in [-0.25, -0.2) is 13.1 Å². The van der Waals surface area contributed by atoms with Gasteiger partial charge < -0.3 is 9.67 Å². The molecular weight excluding hydrogens is 330 g/mol. The van der Waals surface area contributed by atoms with Gasteiger partial charge in [0, 0.05) is 29.6 Å². The minimum atomic E-state index is -0.596. The summed E-state index contributed by atoms with van der Waals surface area (Å²) < 4.78 is 32.0. The van der Waals surface area contributed by atoms with E-state index in [0.29, 0.717) is 34.9 Å². The molecule has 2 heterocycles. The molecule has 1 atom stereocenters. The van der Waals surface area contributed by atoms with Crippen LogP contribution < -0.4 is 0 Å². The van der Waals surface area contributed by atoms with E-state index in [1.807, 2.05) is 10.6 Å². The van der Waals surface area contributed by atoms with Crippen molar-refractivity contribution in [2.24, 2.45) is 0 Å². The smallest absolute Gasteiger partial charge is 0.133 e. The van der Waals surface area contributed by atoms with Gasteiger partial charge in [0.25, 0.3) is 0 Å². The lowest BCUT2D eigenvalue weighted by Crippen LogP contribution is -2.29. The van der Waals surface area contributed by atoms with Crippen molar-refractivity contribution >= 4 is 33.8 Å². The number of hydrogen-bond donors (Lipinski definition) is 1. The van der Waals surface area contributed by atoms with Gasteiger partial charge in [-0.3, -0.25) is 0 Å². The Balaban J connectivity index is 1.77. The predicted molar refractivity (Wildman–Crippen MR) is 94.0 cm³/mol. The fourth-order valence-electron chi connectivity index (χ4n) is 3.42. The summed E-state index contributed by atoms with van der Waals surface area (Å²) in [6, 6.07) is 9.23. The van der Waals surface area contributed by atoms with Gasteiger partial charge in [0.15, 0.2) is 0 Å². The van der Waals surface area contributed by atoms with Crippen LogP contribution in [0, 0.1) is 11.6 Å². The number of rotatable bonds is 4. The van der Waals surface area contributed by atoms with Crippen LogP contribution in [0.5, 0.6) is 0 Å². The maximum absolute atomic E-state index is 14.3. The molecule has 0 amide bonds. The molecule has 4 rings (SSSR count). The van der Waals surface area contributed by atoms with Crippen molar-refractivity contribution in [1.82, 2.24) is 8.87 Å². The zero-order valence-electron chi connectivity index (χ0n) is 13.1. The Morgan fingerprint density at radius 2 is 2.00 bits per heavy atom. The van der Waals surface area contributed by atoms with Gasteiger partial charge >= 0.3 is 0 Å². The highest BCUT2D eigenvalue weighted by Gasteiger charge is 2.20. The Bertz CT molecular complexity index is 889. The Labute approximate surface area is 143 Å². The van der Waals surface area contributed by atoms with Crippen LogP contribution in [0.15, 0.2) is 36.4 Å². The van der Waals surface area contributed by atoms with E-state index < -0.39 is 6.10 Å². The van der Waals surface area contributed by atoms with E-state index in [-0.39, 0.29) is 11.6 Å². The van der Waals surface area contributed by atoms with Gasteiger partial charge in [-0.15, -0.1) is 0 Å². The van der Waals surface area contributed by atoms with Crippen LogP contribution in [-0.4, -0.2) is 38.9 Å². The molecule has 1 N–H and O–H groups in total. The lowest BCUT2D eigenvalue weighted by Gasteiger charge is -2.19. The molecule has 3 nitrogen and oxygen atoms in total. The number of benzene rings is 2. The van der Waals surface area contributed by atoms with Crippen molar-refractivity contribution in [3.63, 3.8) is 0 Å². The Hall–Kier alpha value is -1.63. The minimum Gasteiger partial charge on any atom is -0.390 e. The van der Waals surface area contributed by atoms with Gasteiger partial charge in [-0.05, 0) is 36.8 Å². The van der Waals surface area contributed by atoms with Crippen molar-refractivity contribution in [1.29, 1.82) is 0 Å². The number of aliphatic hydroxyl groups is 1. The zero-order chi connectivity index (χ0) is 16.7. The molecule has 0 bridgehead atoms. The Morgan fingerprint density at radius 3 is 2.79 bits per heavy atom. The fourth-order valence-corrected chi connectivity index (χ4v) is 4.47. The third-order valence-electron chi connectivity index (χ3n) is 4.44. The van der Waals surface area contributed by atoms with Gasteiger partial charge in [0.2, 0.25) is 0 Å². The van der Waals surface area contributed by atoms with E-state index in [2.05, 4.69) is 4.31 Å². The molecule has 1 aliphatic heterocycles. The van der Waals surface area contributed by atoms with Gasteiger partial charge in [-0.1, -0.05) is 18.0 Å². The molecule has 3 aromatic rings. The summed E-state index contributed by atoms with van der Waals surface area (Å²) >= 11 is 1.74. The first-order valence-corrected chi connectivity index (χ1v) is 8.99. The lowest BCUT2D eigenvalue weighted by atomic mass is 10.1. The number of halogens is 2. The van der Waals surface area contributed by atoms with Crippen LogP contribution >= 0.6 is 11.9 Å². The predicted octanol–water partition coefficient (Wildman–Crippen LogP) is 3.79. The lowest BCUT2D eigenvalue weighted by molar-refractivity contribution is 0.135. The van der Waals surface area contributed by atoms with E-state index in [4.69, 9.17) is 0 Å². The van der Waals surface area contributed by atoms with Crippen molar-refractivity contribution in [2.45, 2.75) is 19.1 Å². The van der Waals surface area contributed by atoms with Crippen LogP contribution in [0.4, 0.5) is 8.78 Å². The molecule has 1 fully saturated rings. The largest absolute Gasteiger partial charge is 0.390 e. The zero-order valence-corrected chi connectivity index (χ0v) is 13.9. The first-order chi connectivity index (χ1) is 11.6. The minimum absolute atomic E-state index is 0.309. The number of nitrogens with zero attached hydrogens (tertiary/aromatic N) is 2. The number of hydrogen-bond acceptors (Lipinski definition) is 3. The third kappa shape index (κ3) is 2.79. The van der Waals surface area contributed by atoms with E-state index in [1.165, 1.54) is 18.2 Å². The standard InChI is InChI=1S/C18H18F2N2OS/c19-12-5-6-14-17(9-12)22(16-4-1-3-15(20)18(14)16)11-13(23)10-21-7-2-8-24-21/h1,3-6,9,13,23H,2,7-8,10-11H2. The molecule has 0 saturated carbocycles. The van der Waals surface area contributed by atoms with Crippen LogP contribution in [-0.2, 0) is 6.54 Å². The first kappa shape index (κ1) is 15.9. The quantitative estimate of drug-likeness (QED) is 0.727. The molecule has 0 radical (unpaired) electrons. The molecule has 1 aromatic heterocycles. The normalized spacial score (nSPS) is 17.1. The summed E-state index contributed by atoms with van der Waals surface area (Å²) in [5.41, 5.74) is 1.30. The summed E-state index contributed by atoms with van der Waals surface area (Å²) in [4.78, 5) is 0. The molecule has 24 heavy (non-hydrogen) atoms. The molecule has 6 heteroatoms. The SMILES string of the molecule is OC(CN1CCCS1)Cn1c2cc(F)ccc2c2c(F)cccc21. The van der Waals surface area contributed by atoms with E-state index >= 15 is 0 Å². The Morgan fingerprint density at radius 1 is 1.12 bits per heavy atom. The average Bonchev–Trinajstić information content (AvgIpc) is 3.15. The molecular formula is C18H18F2N2OS. The number of aromatic nitrogens is 1. The summed E-state index contributed by atoms with van der Waals surface area (Å²) in [5, 5.41) is 11.6. The average molecular weight is 348 g/mol. The molecule has 1 aliphatic rings. The summed E-state index contributed by atoms with van der Waals surface area (Å²) in [5.74, 6) is 0.391. The van der Waals surface area contributed by atoms with E-state index in [0.717, 1.165) is 18.7 Å². The molecule has 0 aliphatic carbocycles. The van der Waals surface area contributed by atoms with Gasteiger partial charge in [-0.2, -0.15) is 0 Å². The van der Waals surface area contributed by atoms with Crippen LogP contribution in [0.25, 0.3) is 21.8 Å². The number of fused-ring (bicyclic) bond motifs is 3. The number of aliphatic hydroxyl groups excluding tert-OH is 1. The van der Waals surface area contributed by atoms with Crippen molar-refractivity contribution < 1.29 is 13.9 Å². The summed E-state index contributed by atoms with van der Waals surface area (Å²) in [7, 11) is 0. The summed E-state index contributed by atoms with van der Waals surface area (Å²) in [6.07, 6.45) is 0.532. The Kier molecular flexibility index (Phi) is 4.20. The second-order valence-electron chi connectivity index (χ2n) is 6.13. The summed E-state index contributed by atoms with van der Waals surface area (Å²) in [6.45, 7) is 1.83. The molecule has 126 valence electrons. The highest BCUT2D eigenvalue weighted by atomic mass is 32.2. The molecule has 0 spiro atoms. The fraction of sp³-hybridized carbons (Fsp3) is 0.333. The highest BCUT2D eigenvalue weighted by Crippen LogP contribution is 2.32. The van der Waals surface area contributed by atoms with Crippen molar-refractivity contribution in [2.75, 3.05) is 18.8 Å². The maximum Gasteiger partial charge on any atom is 0.133 e. The van der Waals surface area contributed by atoms with Gasteiger partial charge in [0.05, 0.1) is 23.7 Å². The highest BCUT2D eigenvalue weighted by molar-refractivity contribution is 7.97. The van der Waals surface area contributed by atoms with E-state index in [1.54, 1.807) is 24.1 Å². The third-order valence-corrected chi connectivity index (χ3v) is 5.60. The van der Waals surface area contributed by atoms with Crippen LogP contribution in [0.2, 0.25) is 0 Å². The van der Waals surface area contributed by atoms with Gasteiger partial charge in [0.1, 0.15) is 11.6 Å². The topological polar surface area (TPSA) is 28.4 Å². The van der Waals surface area contributed by atoms with E-state index in [9.17, 15) is 13.9 Å². The monoisotopic (exact) mass is 348 g/mol. The number of β-amino-alcohol motifs (C(OH)–C–C–N with tert-alkyl or cyclic N) is 1. The van der Waals surface area contributed by atoms with Crippen LogP contribution in [0.1, 0.15) is 6.42 Å². The molecule has 2 aromatic carbocycles. The molecule has 1 unspecified atom stereocenters. The first-order valence-electron chi connectivity index (χ1n) is 8.05. The maximum atomic E-state index is 14.3.